The van der Waals surface area contributed by atoms with Crippen LogP contribution in [0.5, 0.6) is 0 Å². The summed E-state index contributed by atoms with van der Waals surface area (Å²) in [6.07, 6.45) is 1.54. The third-order valence-corrected chi connectivity index (χ3v) is 4.84. The van der Waals surface area contributed by atoms with Gasteiger partial charge in [-0.3, -0.25) is 4.79 Å². The highest BCUT2D eigenvalue weighted by Crippen LogP contribution is 2.21. The highest BCUT2D eigenvalue weighted by Gasteiger charge is 2.23. The Morgan fingerprint density at radius 3 is 2.65 bits per heavy atom. The molecule has 0 spiro atoms. The lowest BCUT2D eigenvalue weighted by molar-refractivity contribution is -0.121. The molecule has 1 aromatic carbocycles. The molecule has 1 aliphatic rings. The van der Waals surface area contributed by atoms with Crippen LogP contribution in [0.2, 0.25) is 0 Å². The van der Waals surface area contributed by atoms with Gasteiger partial charge in [0.1, 0.15) is 0 Å². The Hall–Kier alpha value is -2.14. The number of likely N-dealkylation sites (tertiary alicyclic amines) is 1. The lowest BCUT2D eigenvalue weighted by atomic mass is 9.92. The molecule has 5 heteroatoms. The highest BCUT2D eigenvalue weighted by atomic mass is 16.5. The van der Waals surface area contributed by atoms with E-state index in [1.165, 1.54) is 6.42 Å². The maximum absolute atomic E-state index is 12.3. The Kier molecular flexibility index (Phi) is 6.09. The van der Waals surface area contributed by atoms with E-state index in [-0.39, 0.29) is 18.4 Å². The molecule has 26 heavy (non-hydrogen) atoms. The fraction of sp³-hybridized carbons (Fsp3) is 0.524. The average Bonchev–Trinajstić information content (AvgIpc) is 3.02. The van der Waals surface area contributed by atoms with Crippen LogP contribution >= 0.6 is 0 Å². The van der Waals surface area contributed by atoms with E-state index in [0.29, 0.717) is 11.5 Å². The molecule has 1 amide bonds. The van der Waals surface area contributed by atoms with E-state index in [2.05, 4.69) is 36.1 Å². The number of benzene rings is 1. The van der Waals surface area contributed by atoms with E-state index in [1.54, 1.807) is 0 Å². The van der Waals surface area contributed by atoms with Crippen LogP contribution in [-0.4, -0.2) is 41.6 Å². The molecule has 5 nitrogen and oxygen atoms in total. The third kappa shape index (κ3) is 5.18. The SMILES string of the molecule is C[C@@H]1C[C@H](C)CN(C[C@@H](C)NC(=O)Cc2cc(-c3ccccc3)on2)C1. The number of carbonyl (C=O) groups excluding carboxylic acids is 1. The largest absolute Gasteiger partial charge is 0.356 e. The predicted molar refractivity (Wildman–Crippen MR) is 103 cm³/mol. The number of aromatic nitrogens is 1. The summed E-state index contributed by atoms with van der Waals surface area (Å²) in [5.41, 5.74) is 1.63. The molecule has 2 heterocycles. The number of piperidine rings is 1. The van der Waals surface area contributed by atoms with Crippen molar-refractivity contribution < 1.29 is 9.32 Å². The number of carbonyl (C=O) groups is 1. The van der Waals surface area contributed by atoms with Crippen LogP contribution in [0.4, 0.5) is 0 Å². The normalized spacial score (nSPS) is 22.1. The van der Waals surface area contributed by atoms with Crippen molar-refractivity contribution in [2.45, 2.75) is 39.7 Å². The summed E-state index contributed by atoms with van der Waals surface area (Å²) in [5.74, 6) is 2.14. The molecule has 1 fully saturated rings. The zero-order valence-corrected chi connectivity index (χ0v) is 15.9. The maximum Gasteiger partial charge on any atom is 0.226 e. The summed E-state index contributed by atoms with van der Waals surface area (Å²) >= 11 is 0. The fourth-order valence-corrected chi connectivity index (χ4v) is 4.00. The molecule has 0 aliphatic carbocycles. The van der Waals surface area contributed by atoms with Crippen molar-refractivity contribution in [1.29, 1.82) is 0 Å². The van der Waals surface area contributed by atoms with E-state index in [0.717, 1.165) is 37.0 Å². The topological polar surface area (TPSA) is 58.4 Å². The average molecular weight is 355 g/mol. The summed E-state index contributed by atoms with van der Waals surface area (Å²) in [5, 5.41) is 7.12. The van der Waals surface area contributed by atoms with Crippen LogP contribution in [0.15, 0.2) is 40.9 Å². The molecule has 3 atom stereocenters. The molecule has 140 valence electrons. The monoisotopic (exact) mass is 355 g/mol. The summed E-state index contributed by atoms with van der Waals surface area (Å²) in [7, 11) is 0. The first-order valence-corrected chi connectivity index (χ1v) is 9.52. The highest BCUT2D eigenvalue weighted by molar-refractivity contribution is 5.78. The quantitative estimate of drug-likeness (QED) is 0.863. The molecule has 2 aromatic rings. The smallest absolute Gasteiger partial charge is 0.226 e. The van der Waals surface area contributed by atoms with Gasteiger partial charge in [-0.1, -0.05) is 49.3 Å². The Morgan fingerprint density at radius 1 is 1.27 bits per heavy atom. The first-order valence-electron chi connectivity index (χ1n) is 9.52. The van der Waals surface area contributed by atoms with Gasteiger partial charge < -0.3 is 14.7 Å². The minimum absolute atomic E-state index is 0.0106. The fourth-order valence-electron chi connectivity index (χ4n) is 4.00. The van der Waals surface area contributed by atoms with Crippen LogP contribution in [-0.2, 0) is 11.2 Å². The molecule has 0 unspecified atom stereocenters. The molecule has 0 radical (unpaired) electrons. The number of nitrogens with one attached hydrogen (secondary N) is 1. The Balaban J connectivity index is 1.48. The standard InChI is InChI=1S/C21H29N3O2/c1-15-9-16(2)13-24(12-15)14-17(3)22-21(25)11-19-10-20(26-23-19)18-7-5-4-6-8-18/h4-8,10,15-17H,9,11-14H2,1-3H3,(H,22,25)/t15-,16+,17-/m1/s1. The van der Waals surface area contributed by atoms with Crippen molar-refractivity contribution in [3.8, 4) is 11.3 Å². The number of amides is 1. The van der Waals surface area contributed by atoms with Gasteiger partial charge in [0.25, 0.3) is 0 Å². The van der Waals surface area contributed by atoms with E-state index >= 15 is 0 Å². The number of hydrogen-bond acceptors (Lipinski definition) is 4. The van der Waals surface area contributed by atoms with Crippen molar-refractivity contribution in [3.63, 3.8) is 0 Å². The second-order valence-electron chi connectivity index (χ2n) is 7.86. The van der Waals surface area contributed by atoms with Crippen molar-refractivity contribution >= 4 is 5.91 Å². The van der Waals surface area contributed by atoms with Crippen molar-refractivity contribution in [1.82, 2.24) is 15.4 Å². The third-order valence-electron chi connectivity index (χ3n) is 4.84. The van der Waals surface area contributed by atoms with Crippen LogP contribution in [0.25, 0.3) is 11.3 Å². The van der Waals surface area contributed by atoms with Gasteiger partial charge in [-0.25, -0.2) is 0 Å². The van der Waals surface area contributed by atoms with Crippen LogP contribution in [0.1, 0.15) is 32.9 Å². The van der Waals surface area contributed by atoms with Gasteiger partial charge >= 0.3 is 0 Å². The Labute approximate surface area is 155 Å². The number of rotatable bonds is 6. The second-order valence-corrected chi connectivity index (χ2v) is 7.86. The molecule has 1 N–H and O–H groups in total. The van der Waals surface area contributed by atoms with Crippen molar-refractivity contribution in [2.24, 2.45) is 11.8 Å². The van der Waals surface area contributed by atoms with Gasteiger partial charge in [-0.05, 0) is 25.2 Å². The van der Waals surface area contributed by atoms with Gasteiger partial charge in [0.2, 0.25) is 5.91 Å². The molecule has 0 saturated carbocycles. The maximum atomic E-state index is 12.3. The molecular weight excluding hydrogens is 326 g/mol. The zero-order valence-electron chi connectivity index (χ0n) is 15.9. The molecule has 1 saturated heterocycles. The van der Waals surface area contributed by atoms with Crippen LogP contribution in [0, 0.1) is 11.8 Å². The number of nitrogens with zero attached hydrogens (tertiary/aromatic N) is 2. The first kappa shape index (κ1) is 18.6. The van der Waals surface area contributed by atoms with Crippen LogP contribution < -0.4 is 5.32 Å². The van der Waals surface area contributed by atoms with E-state index in [9.17, 15) is 4.79 Å². The Morgan fingerprint density at radius 2 is 1.96 bits per heavy atom. The first-order chi connectivity index (χ1) is 12.5. The molecule has 1 aromatic heterocycles. The van der Waals surface area contributed by atoms with Gasteiger partial charge in [0.05, 0.1) is 12.1 Å². The second kappa shape index (κ2) is 8.49. The predicted octanol–water partition coefficient (Wildman–Crippen LogP) is 3.37. The van der Waals surface area contributed by atoms with E-state index in [1.807, 2.05) is 36.4 Å². The van der Waals surface area contributed by atoms with E-state index in [4.69, 9.17) is 4.52 Å². The lowest BCUT2D eigenvalue weighted by Crippen LogP contribution is -2.47. The minimum atomic E-state index is -0.0106. The van der Waals surface area contributed by atoms with Gasteiger partial charge in [-0.2, -0.15) is 0 Å². The Bertz CT molecular complexity index is 703. The zero-order chi connectivity index (χ0) is 18.5. The van der Waals surface area contributed by atoms with Crippen molar-refractivity contribution in [2.75, 3.05) is 19.6 Å². The summed E-state index contributed by atoms with van der Waals surface area (Å²) in [6.45, 7) is 9.82. The minimum Gasteiger partial charge on any atom is -0.356 e. The van der Waals surface area contributed by atoms with E-state index < -0.39 is 0 Å². The summed E-state index contributed by atoms with van der Waals surface area (Å²) in [4.78, 5) is 14.8. The lowest BCUT2D eigenvalue weighted by Gasteiger charge is -2.36. The van der Waals surface area contributed by atoms with Gasteiger partial charge in [-0.15, -0.1) is 0 Å². The van der Waals surface area contributed by atoms with Crippen molar-refractivity contribution in [3.05, 3.63) is 42.1 Å². The van der Waals surface area contributed by atoms with Gasteiger partial charge in [0, 0.05) is 37.3 Å². The van der Waals surface area contributed by atoms with Gasteiger partial charge in [0.15, 0.2) is 5.76 Å². The summed E-state index contributed by atoms with van der Waals surface area (Å²) < 4.78 is 5.36. The molecule has 3 rings (SSSR count). The molecular formula is C21H29N3O2. The van der Waals surface area contributed by atoms with Crippen LogP contribution in [0.3, 0.4) is 0 Å². The summed E-state index contributed by atoms with van der Waals surface area (Å²) in [6, 6.07) is 11.8. The molecule has 1 aliphatic heterocycles. The molecule has 0 bridgehead atoms. The number of hydrogen-bond donors (Lipinski definition) is 1.